The number of halogens is 3. The molecule has 0 saturated carbocycles. The summed E-state index contributed by atoms with van der Waals surface area (Å²) >= 11 is 0. The summed E-state index contributed by atoms with van der Waals surface area (Å²) in [6, 6.07) is 13.1. The van der Waals surface area contributed by atoms with Gasteiger partial charge in [-0.25, -0.2) is 0 Å². The fraction of sp³-hybridized carbons (Fsp3) is 0.182. The highest BCUT2D eigenvalue weighted by molar-refractivity contribution is 6.07. The van der Waals surface area contributed by atoms with Crippen molar-refractivity contribution < 1.29 is 18.0 Å². The van der Waals surface area contributed by atoms with E-state index in [1.54, 1.807) is 18.5 Å². The lowest BCUT2D eigenvalue weighted by molar-refractivity contribution is -0.138. The van der Waals surface area contributed by atoms with Crippen molar-refractivity contribution in [3.8, 4) is 11.1 Å². The second kappa shape index (κ2) is 7.46. The molecule has 28 heavy (non-hydrogen) atoms. The number of carbonyl (C=O) groups is 1. The molecule has 3 rings (SSSR count). The lowest BCUT2D eigenvalue weighted by Gasteiger charge is -2.22. The molecule has 6 heteroatoms. The van der Waals surface area contributed by atoms with E-state index in [9.17, 15) is 18.0 Å². The highest BCUT2D eigenvalue weighted by atomic mass is 19.4. The maximum absolute atomic E-state index is 13.2. The minimum absolute atomic E-state index is 0.0278. The Labute approximate surface area is 161 Å². The Morgan fingerprint density at radius 2 is 1.68 bits per heavy atom. The summed E-state index contributed by atoms with van der Waals surface area (Å²) in [6.45, 7) is 3.33. The number of pyridine rings is 1. The first-order valence-corrected chi connectivity index (χ1v) is 8.66. The van der Waals surface area contributed by atoms with Crippen LogP contribution < -0.4 is 4.90 Å². The van der Waals surface area contributed by atoms with Crippen molar-refractivity contribution in [2.24, 2.45) is 0 Å². The molecule has 1 heterocycles. The van der Waals surface area contributed by atoms with Gasteiger partial charge in [-0.05, 0) is 48.7 Å². The van der Waals surface area contributed by atoms with E-state index in [0.29, 0.717) is 5.69 Å². The van der Waals surface area contributed by atoms with Crippen LogP contribution in [0.4, 0.5) is 18.9 Å². The molecule has 3 aromatic rings. The predicted molar refractivity (Wildman–Crippen MR) is 103 cm³/mol. The van der Waals surface area contributed by atoms with E-state index in [2.05, 4.69) is 4.98 Å². The van der Waals surface area contributed by atoms with Crippen LogP contribution in [0.25, 0.3) is 11.1 Å². The number of nitrogens with zero attached hydrogens (tertiary/aromatic N) is 2. The smallest absolute Gasteiger partial charge is 0.309 e. The third-order valence-electron chi connectivity index (χ3n) is 4.69. The number of hydrogen-bond acceptors (Lipinski definition) is 2. The molecule has 144 valence electrons. The normalized spacial score (nSPS) is 11.4. The largest absolute Gasteiger partial charge is 0.416 e. The highest BCUT2D eigenvalue weighted by Gasteiger charge is 2.33. The number of hydrogen-bond donors (Lipinski definition) is 0. The fourth-order valence-electron chi connectivity index (χ4n) is 3.12. The number of amides is 1. The molecule has 0 atom stereocenters. The van der Waals surface area contributed by atoms with Gasteiger partial charge in [0.2, 0.25) is 0 Å². The molecule has 0 spiro atoms. The molecule has 0 N–H and O–H groups in total. The zero-order valence-electron chi connectivity index (χ0n) is 15.7. The van der Waals surface area contributed by atoms with E-state index in [1.807, 2.05) is 31.2 Å². The van der Waals surface area contributed by atoms with Gasteiger partial charge in [0.25, 0.3) is 5.91 Å². The van der Waals surface area contributed by atoms with Crippen molar-refractivity contribution in [1.82, 2.24) is 4.98 Å². The summed E-state index contributed by atoms with van der Waals surface area (Å²) in [6.07, 6.45) is -1.35. The minimum atomic E-state index is -4.51. The fourth-order valence-corrected chi connectivity index (χ4v) is 3.12. The lowest BCUT2D eigenvalue weighted by Crippen LogP contribution is -2.27. The van der Waals surface area contributed by atoms with Crippen LogP contribution in [0, 0.1) is 13.8 Å². The summed E-state index contributed by atoms with van der Waals surface area (Å²) in [7, 11) is 1.54. The number of rotatable bonds is 3. The molecule has 0 aliphatic heterocycles. The maximum atomic E-state index is 13.2. The molecule has 0 aliphatic rings. The van der Waals surface area contributed by atoms with Crippen LogP contribution in [0.5, 0.6) is 0 Å². The number of anilines is 1. The van der Waals surface area contributed by atoms with Crippen molar-refractivity contribution >= 4 is 11.6 Å². The Morgan fingerprint density at radius 1 is 0.964 bits per heavy atom. The molecule has 1 aromatic heterocycles. The summed E-state index contributed by atoms with van der Waals surface area (Å²) in [4.78, 5) is 18.4. The van der Waals surface area contributed by atoms with Gasteiger partial charge in [0.15, 0.2) is 0 Å². The molecule has 0 radical (unpaired) electrons. The Bertz CT molecular complexity index is 1030. The molecule has 0 aliphatic carbocycles. The molecule has 1 amide bonds. The average Bonchev–Trinajstić information content (AvgIpc) is 2.67. The third kappa shape index (κ3) is 3.76. The van der Waals surface area contributed by atoms with E-state index in [1.165, 1.54) is 31.0 Å². The van der Waals surface area contributed by atoms with E-state index in [-0.39, 0.29) is 11.1 Å². The van der Waals surface area contributed by atoms with Gasteiger partial charge in [-0.1, -0.05) is 30.3 Å². The molecule has 0 saturated heterocycles. The van der Waals surface area contributed by atoms with Crippen molar-refractivity contribution in [2.75, 3.05) is 11.9 Å². The second-order valence-electron chi connectivity index (χ2n) is 6.60. The lowest BCUT2D eigenvalue weighted by atomic mass is 9.99. The van der Waals surface area contributed by atoms with Crippen LogP contribution in [-0.2, 0) is 6.18 Å². The van der Waals surface area contributed by atoms with Crippen molar-refractivity contribution in [2.45, 2.75) is 20.0 Å². The summed E-state index contributed by atoms with van der Waals surface area (Å²) in [5, 5.41) is 0. The summed E-state index contributed by atoms with van der Waals surface area (Å²) in [5.41, 5.74) is 2.50. The van der Waals surface area contributed by atoms with Gasteiger partial charge in [0.05, 0.1) is 17.4 Å². The quantitative estimate of drug-likeness (QED) is 0.584. The van der Waals surface area contributed by atoms with Crippen molar-refractivity contribution in [3.05, 3.63) is 83.2 Å². The Kier molecular flexibility index (Phi) is 5.23. The molecule has 0 bridgehead atoms. The zero-order chi connectivity index (χ0) is 20.5. The van der Waals surface area contributed by atoms with Crippen molar-refractivity contribution in [3.63, 3.8) is 0 Å². The zero-order valence-corrected chi connectivity index (χ0v) is 15.7. The van der Waals surface area contributed by atoms with E-state index in [0.717, 1.165) is 22.8 Å². The molecule has 2 aromatic carbocycles. The van der Waals surface area contributed by atoms with Gasteiger partial charge in [0.1, 0.15) is 0 Å². The second-order valence-corrected chi connectivity index (χ2v) is 6.60. The Hall–Kier alpha value is -3.15. The number of aromatic nitrogens is 1. The van der Waals surface area contributed by atoms with E-state index in [4.69, 9.17) is 0 Å². The molecular weight excluding hydrogens is 365 g/mol. The Morgan fingerprint density at radius 3 is 2.36 bits per heavy atom. The monoisotopic (exact) mass is 384 g/mol. The first-order chi connectivity index (χ1) is 13.2. The van der Waals surface area contributed by atoms with Crippen LogP contribution in [0.3, 0.4) is 0 Å². The molecular formula is C22H19F3N2O. The van der Waals surface area contributed by atoms with Crippen LogP contribution >= 0.6 is 0 Å². The van der Waals surface area contributed by atoms with Gasteiger partial charge in [-0.2, -0.15) is 13.2 Å². The van der Waals surface area contributed by atoms with Crippen LogP contribution in [-0.4, -0.2) is 17.9 Å². The van der Waals surface area contributed by atoms with Gasteiger partial charge < -0.3 is 4.90 Å². The van der Waals surface area contributed by atoms with Gasteiger partial charge in [0, 0.05) is 24.4 Å². The van der Waals surface area contributed by atoms with Gasteiger partial charge >= 0.3 is 6.18 Å². The van der Waals surface area contributed by atoms with Crippen LogP contribution in [0.15, 0.2) is 60.9 Å². The first-order valence-electron chi connectivity index (χ1n) is 8.66. The maximum Gasteiger partial charge on any atom is 0.416 e. The number of benzene rings is 2. The topological polar surface area (TPSA) is 33.2 Å². The highest BCUT2D eigenvalue weighted by Crippen LogP contribution is 2.34. The molecule has 3 nitrogen and oxygen atoms in total. The Balaban J connectivity index is 2.04. The number of aryl methyl sites for hydroxylation is 2. The summed E-state index contributed by atoms with van der Waals surface area (Å²) in [5.74, 6) is -0.534. The average molecular weight is 384 g/mol. The summed E-state index contributed by atoms with van der Waals surface area (Å²) < 4.78 is 39.6. The first kappa shape index (κ1) is 19.6. The number of alkyl halides is 3. The molecule has 0 fully saturated rings. The van der Waals surface area contributed by atoms with Crippen LogP contribution in [0.1, 0.15) is 27.0 Å². The number of carbonyl (C=O) groups excluding carboxylic acids is 1. The van der Waals surface area contributed by atoms with Gasteiger partial charge in [-0.15, -0.1) is 0 Å². The SMILES string of the molecule is Cc1ccccc1-c1ccncc1N(C)C(=O)c1ccc(C)c(C(F)(F)F)c1. The van der Waals surface area contributed by atoms with E-state index < -0.39 is 17.6 Å². The molecule has 0 unspecified atom stereocenters. The van der Waals surface area contributed by atoms with E-state index >= 15 is 0 Å². The minimum Gasteiger partial charge on any atom is -0.309 e. The van der Waals surface area contributed by atoms with Crippen molar-refractivity contribution in [1.29, 1.82) is 0 Å². The predicted octanol–water partition coefficient (Wildman–Crippen LogP) is 5.66. The standard InChI is InChI=1S/C22H19F3N2O/c1-14-6-4-5-7-17(14)18-10-11-26-13-20(18)27(3)21(28)16-9-8-15(2)19(12-16)22(23,24)25/h4-13H,1-3H3. The van der Waals surface area contributed by atoms with Gasteiger partial charge in [-0.3, -0.25) is 9.78 Å². The van der Waals surface area contributed by atoms with Crippen LogP contribution in [0.2, 0.25) is 0 Å². The third-order valence-corrected chi connectivity index (χ3v) is 4.69.